The molecule has 3 amide bonds. The Bertz CT molecular complexity index is 963. The predicted octanol–water partition coefficient (Wildman–Crippen LogP) is 2.72. The number of nitrogens with zero attached hydrogens (tertiary/aromatic N) is 1. The van der Waals surface area contributed by atoms with E-state index in [2.05, 4.69) is 10.6 Å². The van der Waals surface area contributed by atoms with Crippen LogP contribution in [0.4, 0.5) is 0 Å². The van der Waals surface area contributed by atoms with Gasteiger partial charge in [0.1, 0.15) is 6.04 Å². The number of nitrogens with one attached hydrogen (secondary N) is 2. The molecule has 1 aromatic rings. The van der Waals surface area contributed by atoms with Gasteiger partial charge in [-0.05, 0) is 51.5 Å². The third-order valence-electron chi connectivity index (χ3n) is 7.44. The number of benzene rings is 1. The van der Waals surface area contributed by atoms with Crippen LogP contribution >= 0.6 is 11.8 Å². The summed E-state index contributed by atoms with van der Waals surface area (Å²) in [4.78, 5) is 42.9. The van der Waals surface area contributed by atoms with Crippen molar-refractivity contribution in [2.45, 2.75) is 88.0 Å². The first kappa shape index (κ1) is 26.0. The highest BCUT2D eigenvalue weighted by Gasteiger charge is 2.74. The number of hydrogen-bond acceptors (Lipinski definition) is 5. The van der Waals surface area contributed by atoms with Crippen molar-refractivity contribution in [3.63, 3.8) is 0 Å². The second kappa shape index (κ2) is 9.77. The Hall–Kier alpha value is -2.06. The minimum Gasteiger partial charge on any atom is -0.394 e. The van der Waals surface area contributed by atoms with E-state index in [9.17, 15) is 19.5 Å². The molecule has 3 aliphatic heterocycles. The molecule has 0 aliphatic carbocycles. The SMILES string of the molecule is CC(C)C[C@H](CO)N1C(=O)[C@@H]2[C@H](C(=O)NCc3ccccc3)[C@@H]3CCC2(S3)C1C(=O)NC(C)(C)C. The number of carbonyl (C=O) groups is 3. The Labute approximate surface area is 212 Å². The van der Waals surface area contributed by atoms with Crippen LogP contribution < -0.4 is 10.6 Å². The zero-order valence-electron chi connectivity index (χ0n) is 21.4. The summed E-state index contributed by atoms with van der Waals surface area (Å²) in [5.74, 6) is -1.25. The molecule has 2 bridgehead atoms. The van der Waals surface area contributed by atoms with Gasteiger partial charge in [-0.25, -0.2) is 0 Å². The van der Waals surface area contributed by atoms with Gasteiger partial charge in [0, 0.05) is 17.3 Å². The van der Waals surface area contributed by atoms with Crippen molar-refractivity contribution in [2.75, 3.05) is 6.61 Å². The summed E-state index contributed by atoms with van der Waals surface area (Å²) >= 11 is 1.66. The van der Waals surface area contributed by atoms with Crippen LogP contribution in [-0.2, 0) is 20.9 Å². The van der Waals surface area contributed by atoms with Gasteiger partial charge in [-0.2, -0.15) is 0 Å². The number of aliphatic hydroxyl groups excluding tert-OH is 1. The van der Waals surface area contributed by atoms with Crippen LogP contribution in [0.3, 0.4) is 0 Å². The highest BCUT2D eigenvalue weighted by molar-refractivity contribution is 8.02. The molecule has 0 radical (unpaired) electrons. The summed E-state index contributed by atoms with van der Waals surface area (Å²) in [7, 11) is 0. The van der Waals surface area contributed by atoms with Crippen LogP contribution in [0.2, 0.25) is 0 Å². The molecule has 1 aromatic carbocycles. The summed E-state index contributed by atoms with van der Waals surface area (Å²) in [6, 6.07) is 8.58. The van der Waals surface area contributed by atoms with Crippen LogP contribution in [0.15, 0.2) is 30.3 Å². The van der Waals surface area contributed by atoms with Gasteiger partial charge >= 0.3 is 0 Å². The summed E-state index contributed by atoms with van der Waals surface area (Å²) in [6.07, 6.45) is 2.13. The molecule has 1 spiro atoms. The van der Waals surface area contributed by atoms with E-state index in [1.807, 2.05) is 65.0 Å². The largest absolute Gasteiger partial charge is 0.394 e. The van der Waals surface area contributed by atoms with Gasteiger partial charge in [0.05, 0.1) is 29.2 Å². The highest BCUT2D eigenvalue weighted by Crippen LogP contribution is 2.66. The molecular formula is C27H39N3O4S. The van der Waals surface area contributed by atoms with Gasteiger partial charge in [0.15, 0.2) is 0 Å². The zero-order valence-corrected chi connectivity index (χ0v) is 22.2. The monoisotopic (exact) mass is 501 g/mol. The molecule has 6 atom stereocenters. The molecule has 0 aromatic heterocycles. The van der Waals surface area contributed by atoms with Crippen molar-refractivity contribution < 1.29 is 19.5 Å². The van der Waals surface area contributed by atoms with Crippen molar-refractivity contribution in [1.29, 1.82) is 0 Å². The van der Waals surface area contributed by atoms with Gasteiger partial charge in [-0.1, -0.05) is 44.2 Å². The maximum Gasteiger partial charge on any atom is 0.244 e. The van der Waals surface area contributed by atoms with E-state index in [1.54, 1.807) is 16.7 Å². The molecule has 4 rings (SSSR count). The second-order valence-electron chi connectivity index (χ2n) is 11.7. The molecule has 7 nitrogen and oxygen atoms in total. The van der Waals surface area contributed by atoms with E-state index in [-0.39, 0.29) is 35.5 Å². The Morgan fingerprint density at radius 1 is 1.20 bits per heavy atom. The number of amides is 3. The molecule has 3 N–H and O–H groups in total. The van der Waals surface area contributed by atoms with E-state index in [4.69, 9.17) is 0 Å². The Morgan fingerprint density at radius 2 is 1.89 bits per heavy atom. The second-order valence-corrected chi connectivity index (χ2v) is 13.3. The van der Waals surface area contributed by atoms with Crippen molar-refractivity contribution in [2.24, 2.45) is 17.8 Å². The van der Waals surface area contributed by atoms with Crippen molar-refractivity contribution >= 4 is 29.5 Å². The maximum absolute atomic E-state index is 14.1. The van der Waals surface area contributed by atoms with Gasteiger partial charge < -0.3 is 20.6 Å². The molecule has 3 saturated heterocycles. The van der Waals surface area contributed by atoms with E-state index in [0.29, 0.717) is 13.0 Å². The minimum atomic E-state index is -0.697. The van der Waals surface area contributed by atoms with Gasteiger partial charge in [-0.3, -0.25) is 14.4 Å². The van der Waals surface area contributed by atoms with Gasteiger partial charge in [0.2, 0.25) is 17.7 Å². The Balaban J connectivity index is 1.66. The van der Waals surface area contributed by atoms with E-state index < -0.39 is 34.2 Å². The number of thioether (sulfide) groups is 1. The fourth-order valence-corrected chi connectivity index (χ4v) is 8.45. The topological polar surface area (TPSA) is 98.7 Å². The fraction of sp³-hybridized carbons (Fsp3) is 0.667. The lowest BCUT2D eigenvalue weighted by atomic mass is 9.70. The first-order valence-corrected chi connectivity index (χ1v) is 13.6. The standard InChI is InChI=1S/C27H39N3O4S/c1-16(2)13-18(15-31)30-22(24(33)29-26(3,4)5)27-12-11-19(35-27)20(21(27)25(30)34)23(32)28-14-17-9-7-6-8-10-17/h6-10,16,18-22,31H,11-15H2,1-5H3,(H,28,32)(H,29,33)/t18-,19+,20-,21+,22?,27?/m1/s1. The number of likely N-dealkylation sites (tertiary alicyclic amines) is 1. The third kappa shape index (κ3) is 4.84. The maximum atomic E-state index is 14.1. The van der Waals surface area contributed by atoms with Crippen LogP contribution in [0.1, 0.15) is 59.4 Å². The zero-order chi connectivity index (χ0) is 25.5. The molecule has 8 heteroatoms. The highest BCUT2D eigenvalue weighted by atomic mass is 32.2. The molecule has 192 valence electrons. The lowest BCUT2D eigenvalue weighted by Gasteiger charge is -2.39. The quantitative estimate of drug-likeness (QED) is 0.509. The molecule has 3 aliphatic rings. The summed E-state index contributed by atoms with van der Waals surface area (Å²) < 4.78 is -0.643. The molecule has 2 unspecified atom stereocenters. The number of hydrogen-bond donors (Lipinski definition) is 3. The van der Waals surface area contributed by atoms with Crippen LogP contribution in [-0.4, -0.2) is 62.0 Å². The summed E-state index contributed by atoms with van der Waals surface area (Å²) in [5.41, 5.74) is 0.548. The number of fused-ring (bicyclic) bond motifs is 1. The van der Waals surface area contributed by atoms with Crippen molar-refractivity contribution in [3.05, 3.63) is 35.9 Å². The van der Waals surface area contributed by atoms with E-state index in [0.717, 1.165) is 18.4 Å². The van der Waals surface area contributed by atoms with Crippen molar-refractivity contribution in [3.8, 4) is 0 Å². The van der Waals surface area contributed by atoms with Crippen molar-refractivity contribution in [1.82, 2.24) is 15.5 Å². The van der Waals surface area contributed by atoms with E-state index >= 15 is 0 Å². The minimum absolute atomic E-state index is 0.0180. The first-order valence-electron chi connectivity index (χ1n) is 12.7. The van der Waals surface area contributed by atoms with Crippen LogP contribution in [0.5, 0.6) is 0 Å². The average molecular weight is 502 g/mol. The Morgan fingerprint density at radius 3 is 2.49 bits per heavy atom. The molecular weight excluding hydrogens is 462 g/mol. The van der Waals surface area contributed by atoms with Gasteiger partial charge in [0.25, 0.3) is 0 Å². The normalized spacial score (nSPS) is 30.5. The Kier molecular flexibility index (Phi) is 7.26. The fourth-order valence-electron chi connectivity index (χ4n) is 6.25. The van der Waals surface area contributed by atoms with Crippen LogP contribution in [0.25, 0.3) is 0 Å². The number of carbonyl (C=O) groups excluding carboxylic acids is 3. The first-order chi connectivity index (χ1) is 16.5. The van der Waals surface area contributed by atoms with E-state index in [1.165, 1.54) is 0 Å². The summed E-state index contributed by atoms with van der Waals surface area (Å²) in [5, 5.41) is 16.5. The lowest BCUT2D eigenvalue weighted by molar-refractivity contribution is -0.143. The van der Waals surface area contributed by atoms with Crippen LogP contribution in [0, 0.1) is 17.8 Å². The smallest absolute Gasteiger partial charge is 0.244 e. The predicted molar refractivity (Wildman–Crippen MR) is 137 cm³/mol. The number of aliphatic hydroxyl groups is 1. The average Bonchev–Trinajstić information content (AvgIpc) is 3.42. The molecule has 3 fully saturated rings. The van der Waals surface area contributed by atoms with Gasteiger partial charge in [-0.15, -0.1) is 11.8 Å². The molecule has 35 heavy (non-hydrogen) atoms. The number of rotatable bonds is 8. The summed E-state index contributed by atoms with van der Waals surface area (Å²) in [6.45, 7) is 10.1. The molecule has 3 heterocycles. The third-order valence-corrected chi connectivity index (χ3v) is 9.40. The molecule has 0 saturated carbocycles. The lowest BCUT2D eigenvalue weighted by Crippen LogP contribution is -2.59.